The topological polar surface area (TPSA) is 20.3 Å². The van der Waals surface area contributed by atoms with Gasteiger partial charge in [0.05, 0.1) is 0 Å². The van der Waals surface area contributed by atoms with Crippen LogP contribution in [0, 0.1) is 0 Å². The van der Waals surface area contributed by atoms with Crippen molar-refractivity contribution in [3.05, 3.63) is 42.5 Å². The number of anilines is 1. The first-order valence-electron chi connectivity index (χ1n) is 5.33. The highest BCUT2D eigenvalue weighted by Gasteiger charge is 2.12. The summed E-state index contributed by atoms with van der Waals surface area (Å²) in [6.45, 7) is 5.74. The van der Waals surface area contributed by atoms with E-state index in [9.17, 15) is 4.79 Å². The van der Waals surface area contributed by atoms with Crippen molar-refractivity contribution in [3.63, 3.8) is 0 Å². The molecule has 1 aliphatic rings. The summed E-state index contributed by atoms with van der Waals surface area (Å²) >= 11 is 0. The summed E-state index contributed by atoms with van der Waals surface area (Å²) in [5.41, 5.74) is 1.93. The summed E-state index contributed by atoms with van der Waals surface area (Å²) in [6.07, 6.45) is 3.89. The molecular formula is C13H15NO. The van der Waals surface area contributed by atoms with Gasteiger partial charge in [0.1, 0.15) is 0 Å². The lowest BCUT2D eigenvalue weighted by molar-refractivity contribution is 0.104. The van der Waals surface area contributed by atoms with E-state index in [1.807, 2.05) is 24.3 Å². The molecule has 0 aromatic heterocycles. The molecule has 1 heterocycles. The Morgan fingerprint density at radius 1 is 1.20 bits per heavy atom. The van der Waals surface area contributed by atoms with Gasteiger partial charge in [-0.15, -0.1) is 0 Å². The molecule has 0 radical (unpaired) electrons. The molecule has 0 unspecified atom stereocenters. The van der Waals surface area contributed by atoms with Gasteiger partial charge >= 0.3 is 0 Å². The largest absolute Gasteiger partial charge is 0.372 e. The Balaban J connectivity index is 2.16. The summed E-state index contributed by atoms with van der Waals surface area (Å²) < 4.78 is 0. The van der Waals surface area contributed by atoms with E-state index in [2.05, 4.69) is 11.5 Å². The molecule has 0 saturated carbocycles. The number of benzene rings is 1. The molecule has 2 heteroatoms. The van der Waals surface area contributed by atoms with E-state index in [1.54, 1.807) is 0 Å². The van der Waals surface area contributed by atoms with Crippen LogP contribution in [0.15, 0.2) is 36.9 Å². The first-order valence-corrected chi connectivity index (χ1v) is 5.33. The first-order chi connectivity index (χ1) is 7.31. The van der Waals surface area contributed by atoms with Crippen molar-refractivity contribution in [1.29, 1.82) is 0 Å². The van der Waals surface area contributed by atoms with E-state index in [0.29, 0.717) is 5.56 Å². The number of allylic oxidation sites excluding steroid dienone is 1. The summed E-state index contributed by atoms with van der Waals surface area (Å²) in [6, 6.07) is 7.78. The van der Waals surface area contributed by atoms with Crippen LogP contribution in [-0.4, -0.2) is 18.9 Å². The molecular weight excluding hydrogens is 186 g/mol. The molecule has 1 fully saturated rings. The molecule has 1 saturated heterocycles. The molecule has 0 N–H and O–H groups in total. The van der Waals surface area contributed by atoms with Gasteiger partial charge in [-0.05, 0) is 43.2 Å². The number of carbonyl (C=O) groups excluding carboxylic acids is 1. The first kappa shape index (κ1) is 9.97. The van der Waals surface area contributed by atoms with Gasteiger partial charge in [0.2, 0.25) is 0 Å². The predicted molar refractivity (Wildman–Crippen MR) is 62.4 cm³/mol. The van der Waals surface area contributed by atoms with E-state index in [4.69, 9.17) is 0 Å². The van der Waals surface area contributed by atoms with Crippen molar-refractivity contribution in [2.75, 3.05) is 18.0 Å². The Bertz CT molecular complexity index is 361. The maximum Gasteiger partial charge on any atom is 0.185 e. The number of carbonyl (C=O) groups is 1. The Morgan fingerprint density at radius 2 is 1.80 bits per heavy atom. The molecule has 1 aliphatic heterocycles. The standard InChI is InChI=1S/C13H15NO/c1-2-13(15)11-5-7-12(8-6-11)14-9-3-4-10-14/h2,5-8H,1,3-4,9-10H2. The van der Waals surface area contributed by atoms with Crippen LogP contribution in [0.3, 0.4) is 0 Å². The van der Waals surface area contributed by atoms with Gasteiger partial charge in [0.15, 0.2) is 5.78 Å². The van der Waals surface area contributed by atoms with Crippen molar-refractivity contribution in [2.45, 2.75) is 12.8 Å². The van der Waals surface area contributed by atoms with E-state index >= 15 is 0 Å². The van der Waals surface area contributed by atoms with Crippen molar-refractivity contribution in [3.8, 4) is 0 Å². The van der Waals surface area contributed by atoms with Gasteiger partial charge in [-0.2, -0.15) is 0 Å². The third kappa shape index (κ3) is 2.09. The highest BCUT2D eigenvalue weighted by Crippen LogP contribution is 2.20. The molecule has 0 amide bonds. The quantitative estimate of drug-likeness (QED) is 0.553. The summed E-state index contributed by atoms with van der Waals surface area (Å²) in [4.78, 5) is 13.7. The number of ketones is 1. The highest BCUT2D eigenvalue weighted by atomic mass is 16.1. The molecule has 0 aliphatic carbocycles. The number of hydrogen-bond donors (Lipinski definition) is 0. The lowest BCUT2D eigenvalue weighted by atomic mass is 10.1. The van der Waals surface area contributed by atoms with Crippen LogP contribution in [0.2, 0.25) is 0 Å². The lowest BCUT2D eigenvalue weighted by Gasteiger charge is -2.17. The molecule has 2 rings (SSSR count). The molecule has 0 bridgehead atoms. The summed E-state index contributed by atoms with van der Waals surface area (Å²) in [5.74, 6) is -0.0111. The van der Waals surface area contributed by atoms with E-state index in [-0.39, 0.29) is 5.78 Å². The Kier molecular flexibility index (Phi) is 2.86. The third-order valence-corrected chi connectivity index (χ3v) is 2.81. The fourth-order valence-corrected chi connectivity index (χ4v) is 1.93. The predicted octanol–water partition coefficient (Wildman–Crippen LogP) is 2.66. The fraction of sp³-hybridized carbons (Fsp3) is 0.308. The van der Waals surface area contributed by atoms with Gasteiger partial charge in [-0.1, -0.05) is 6.58 Å². The number of hydrogen-bond acceptors (Lipinski definition) is 2. The molecule has 2 nitrogen and oxygen atoms in total. The van der Waals surface area contributed by atoms with E-state index < -0.39 is 0 Å². The minimum atomic E-state index is -0.0111. The fourth-order valence-electron chi connectivity index (χ4n) is 1.93. The molecule has 78 valence electrons. The SMILES string of the molecule is C=CC(=O)c1ccc(N2CCCC2)cc1. The summed E-state index contributed by atoms with van der Waals surface area (Å²) in [5, 5.41) is 0. The van der Waals surface area contributed by atoms with Gasteiger partial charge in [0, 0.05) is 24.3 Å². The van der Waals surface area contributed by atoms with Crippen molar-refractivity contribution >= 4 is 11.5 Å². The molecule has 15 heavy (non-hydrogen) atoms. The average Bonchev–Trinajstić information content (AvgIpc) is 2.82. The van der Waals surface area contributed by atoms with E-state index in [1.165, 1.54) is 24.6 Å². The second kappa shape index (κ2) is 4.30. The maximum absolute atomic E-state index is 11.3. The summed E-state index contributed by atoms with van der Waals surface area (Å²) in [7, 11) is 0. The van der Waals surface area contributed by atoms with Crippen LogP contribution in [0.1, 0.15) is 23.2 Å². The van der Waals surface area contributed by atoms with Gasteiger partial charge in [-0.25, -0.2) is 0 Å². The number of nitrogens with zero attached hydrogens (tertiary/aromatic N) is 1. The van der Waals surface area contributed by atoms with Gasteiger partial charge < -0.3 is 4.90 Å². The minimum Gasteiger partial charge on any atom is -0.372 e. The zero-order chi connectivity index (χ0) is 10.7. The maximum atomic E-state index is 11.3. The van der Waals surface area contributed by atoms with Crippen LogP contribution in [-0.2, 0) is 0 Å². The van der Waals surface area contributed by atoms with Gasteiger partial charge in [-0.3, -0.25) is 4.79 Å². The Morgan fingerprint density at radius 3 is 2.33 bits per heavy atom. The smallest absolute Gasteiger partial charge is 0.185 e. The zero-order valence-corrected chi connectivity index (χ0v) is 8.78. The van der Waals surface area contributed by atoms with Crippen LogP contribution in [0.5, 0.6) is 0 Å². The van der Waals surface area contributed by atoms with Crippen LogP contribution in [0.4, 0.5) is 5.69 Å². The van der Waals surface area contributed by atoms with Crippen LogP contribution >= 0.6 is 0 Å². The van der Waals surface area contributed by atoms with Gasteiger partial charge in [0.25, 0.3) is 0 Å². The number of rotatable bonds is 3. The Hall–Kier alpha value is -1.57. The molecule has 1 aromatic carbocycles. The lowest BCUT2D eigenvalue weighted by Crippen LogP contribution is -2.17. The van der Waals surface area contributed by atoms with Crippen molar-refractivity contribution in [2.24, 2.45) is 0 Å². The normalized spacial score (nSPS) is 15.3. The Labute approximate surface area is 90.2 Å². The zero-order valence-electron chi connectivity index (χ0n) is 8.78. The van der Waals surface area contributed by atoms with Crippen molar-refractivity contribution in [1.82, 2.24) is 0 Å². The minimum absolute atomic E-state index is 0.0111. The van der Waals surface area contributed by atoms with Crippen LogP contribution < -0.4 is 4.90 Å². The van der Waals surface area contributed by atoms with Crippen LogP contribution in [0.25, 0.3) is 0 Å². The van der Waals surface area contributed by atoms with E-state index in [0.717, 1.165) is 13.1 Å². The highest BCUT2D eigenvalue weighted by molar-refractivity contribution is 6.04. The third-order valence-electron chi connectivity index (χ3n) is 2.81. The second-order valence-corrected chi connectivity index (χ2v) is 3.81. The molecule has 1 aromatic rings. The molecule has 0 atom stereocenters. The monoisotopic (exact) mass is 201 g/mol. The second-order valence-electron chi connectivity index (χ2n) is 3.81. The molecule has 0 spiro atoms. The average molecular weight is 201 g/mol. The van der Waals surface area contributed by atoms with Crippen molar-refractivity contribution < 1.29 is 4.79 Å².